The van der Waals surface area contributed by atoms with Gasteiger partial charge in [-0.3, -0.25) is 4.79 Å². The Morgan fingerprint density at radius 3 is 2.11 bits per heavy atom. The Morgan fingerprint density at radius 2 is 1.46 bits per heavy atom. The van der Waals surface area contributed by atoms with E-state index in [9.17, 15) is 4.79 Å². The summed E-state index contributed by atoms with van der Waals surface area (Å²) in [6, 6.07) is 2.73. The van der Waals surface area contributed by atoms with Gasteiger partial charge < -0.3 is 14.0 Å². The van der Waals surface area contributed by atoms with Crippen molar-refractivity contribution in [2.45, 2.75) is 160 Å². The molecule has 0 aromatic rings. The number of rotatable bonds is 24. The molecule has 1 fully saturated rings. The highest BCUT2D eigenvalue weighted by Gasteiger charge is 2.22. The Hall–Kier alpha value is 0.117. The minimum atomic E-state index is -0.852. The molecule has 0 aromatic carbocycles. The summed E-state index contributed by atoms with van der Waals surface area (Å²) >= 11 is 1.57. The van der Waals surface area contributed by atoms with E-state index in [1.807, 2.05) is 0 Å². The van der Waals surface area contributed by atoms with Crippen molar-refractivity contribution >= 4 is 25.8 Å². The summed E-state index contributed by atoms with van der Waals surface area (Å²) in [7, 11) is 1.47. The maximum Gasteiger partial charge on any atom is 0.188 e. The second-order valence-electron chi connectivity index (χ2n) is 11.4. The lowest BCUT2D eigenvalue weighted by Gasteiger charge is -2.32. The lowest BCUT2D eigenvalue weighted by atomic mass is 10.0. The van der Waals surface area contributed by atoms with Crippen LogP contribution in [0.5, 0.6) is 0 Å². The van der Waals surface area contributed by atoms with E-state index in [1.54, 1.807) is 11.8 Å². The van der Waals surface area contributed by atoms with E-state index in [4.69, 9.17) is 9.47 Å². The zero-order valence-electron chi connectivity index (χ0n) is 25.1. The smallest absolute Gasteiger partial charge is 0.188 e. The molecule has 0 aromatic heterocycles. The van der Waals surface area contributed by atoms with E-state index in [-0.39, 0.29) is 0 Å². The van der Waals surface area contributed by atoms with Gasteiger partial charge in [0.1, 0.15) is 15.8 Å². The largest absolute Gasteiger partial charge is 0.355 e. The second-order valence-corrected chi connectivity index (χ2v) is 15.9. The third-order valence-electron chi connectivity index (χ3n) is 7.95. The molecule has 220 valence electrons. The summed E-state index contributed by atoms with van der Waals surface area (Å²) in [6.07, 6.45) is 26.1. The number of unbranched alkanes of at least 4 members (excludes halogenated alkanes) is 13. The normalized spacial score (nSPS) is 19.1. The van der Waals surface area contributed by atoms with Crippen molar-refractivity contribution in [1.82, 2.24) is 4.57 Å². The molecule has 37 heavy (non-hydrogen) atoms. The Labute approximate surface area is 237 Å². The summed E-state index contributed by atoms with van der Waals surface area (Å²) in [5.74, 6) is 1.02. The van der Waals surface area contributed by atoms with Crippen molar-refractivity contribution in [2.24, 2.45) is 0 Å². The van der Waals surface area contributed by atoms with Crippen molar-refractivity contribution in [3.63, 3.8) is 0 Å². The number of ether oxygens (including phenoxy) is 2. The van der Waals surface area contributed by atoms with E-state index in [0.29, 0.717) is 18.0 Å². The first-order valence-electron chi connectivity index (χ1n) is 16.2. The molecule has 0 radical (unpaired) electrons. The van der Waals surface area contributed by atoms with Gasteiger partial charge >= 0.3 is 0 Å². The quantitative estimate of drug-likeness (QED) is 0.0672. The molecule has 1 aliphatic heterocycles. The van der Waals surface area contributed by atoms with Crippen LogP contribution in [0.3, 0.4) is 0 Å². The van der Waals surface area contributed by atoms with E-state index < -0.39 is 8.96 Å². The SMILES string of the molecule is CCCCCCCCCCCCCCCOCOC1CCC[SiH](CCCSC(=O)CCCC)N(C)CC1. The highest BCUT2D eigenvalue weighted by Crippen LogP contribution is 2.21. The number of hydrogen-bond donors (Lipinski definition) is 0. The van der Waals surface area contributed by atoms with Gasteiger partial charge in [0, 0.05) is 18.8 Å². The van der Waals surface area contributed by atoms with Gasteiger partial charge in [-0.25, -0.2) is 0 Å². The van der Waals surface area contributed by atoms with Gasteiger partial charge in [0.2, 0.25) is 0 Å². The van der Waals surface area contributed by atoms with Crippen LogP contribution in [0.25, 0.3) is 0 Å². The molecule has 1 heterocycles. The third kappa shape index (κ3) is 21.6. The van der Waals surface area contributed by atoms with Crippen LogP contribution in [0.15, 0.2) is 0 Å². The van der Waals surface area contributed by atoms with Crippen LogP contribution in [-0.4, -0.2) is 57.5 Å². The van der Waals surface area contributed by atoms with Crippen LogP contribution in [0.1, 0.15) is 142 Å². The maximum absolute atomic E-state index is 11.8. The highest BCUT2D eigenvalue weighted by molar-refractivity contribution is 8.13. The van der Waals surface area contributed by atoms with Crippen molar-refractivity contribution in [3.8, 4) is 0 Å². The molecule has 2 unspecified atom stereocenters. The molecule has 0 aliphatic carbocycles. The Kier molecular flexibility index (Phi) is 25.0. The Balaban J connectivity index is 1.92. The van der Waals surface area contributed by atoms with Gasteiger partial charge in [-0.05, 0) is 57.8 Å². The van der Waals surface area contributed by atoms with Gasteiger partial charge in [-0.2, -0.15) is 0 Å². The van der Waals surface area contributed by atoms with Crippen LogP contribution in [0.2, 0.25) is 12.1 Å². The molecule has 0 saturated carbocycles. The molecule has 0 amide bonds. The molecule has 6 heteroatoms. The van der Waals surface area contributed by atoms with E-state index in [0.717, 1.165) is 44.6 Å². The predicted octanol–water partition coefficient (Wildman–Crippen LogP) is 9.12. The zero-order chi connectivity index (χ0) is 26.8. The number of hydrogen-bond acceptors (Lipinski definition) is 5. The van der Waals surface area contributed by atoms with Gasteiger partial charge in [0.25, 0.3) is 0 Å². The van der Waals surface area contributed by atoms with Crippen molar-refractivity contribution in [1.29, 1.82) is 0 Å². The molecule has 4 nitrogen and oxygen atoms in total. The number of thioether (sulfide) groups is 1. The Bertz CT molecular complexity index is 511. The van der Waals surface area contributed by atoms with Gasteiger partial charge in [0.15, 0.2) is 5.12 Å². The molecule has 1 aliphatic rings. The van der Waals surface area contributed by atoms with Gasteiger partial charge in [0.05, 0.1) is 6.10 Å². The van der Waals surface area contributed by atoms with E-state index in [2.05, 4.69) is 25.5 Å². The fourth-order valence-electron chi connectivity index (χ4n) is 5.33. The third-order valence-corrected chi connectivity index (χ3v) is 12.6. The maximum atomic E-state index is 11.8. The van der Waals surface area contributed by atoms with Crippen molar-refractivity contribution in [2.75, 3.05) is 32.7 Å². The first-order valence-corrected chi connectivity index (χ1v) is 19.4. The number of carbonyl (C=O) groups excluding carboxylic acids is 1. The summed E-state index contributed by atoms with van der Waals surface area (Å²) in [5, 5.41) is 0.394. The average molecular weight is 558 g/mol. The molecule has 0 spiro atoms. The first-order chi connectivity index (χ1) is 18.2. The molecule has 0 N–H and O–H groups in total. The lowest BCUT2D eigenvalue weighted by molar-refractivity contribution is -0.111. The molecule has 1 saturated heterocycles. The first kappa shape index (κ1) is 35.1. The molecular formula is C31H63NO3SSi. The lowest BCUT2D eigenvalue weighted by Crippen LogP contribution is -2.40. The van der Waals surface area contributed by atoms with Gasteiger partial charge in [-0.1, -0.05) is 116 Å². The molecule has 0 bridgehead atoms. The van der Waals surface area contributed by atoms with Crippen molar-refractivity contribution in [3.05, 3.63) is 0 Å². The minimum Gasteiger partial charge on any atom is -0.355 e. The topological polar surface area (TPSA) is 38.8 Å². The zero-order valence-corrected chi connectivity index (χ0v) is 27.1. The van der Waals surface area contributed by atoms with E-state index >= 15 is 0 Å². The molecule has 2 atom stereocenters. The van der Waals surface area contributed by atoms with Crippen LogP contribution in [0.4, 0.5) is 0 Å². The fourth-order valence-corrected chi connectivity index (χ4v) is 9.52. The summed E-state index contributed by atoms with van der Waals surface area (Å²) in [4.78, 5) is 11.8. The standard InChI is InChI=1S/C31H63NO3SSi/c1-4-6-8-9-10-11-12-13-14-15-16-17-18-25-34-29-35-30-21-19-27-37(32(3)24-23-30)28-20-26-36-31(33)22-7-5-2/h30,37H,4-29H2,1-3H3. The number of carbonyl (C=O) groups is 1. The van der Waals surface area contributed by atoms with Crippen LogP contribution in [0, 0.1) is 0 Å². The second kappa shape index (κ2) is 26.3. The van der Waals surface area contributed by atoms with Crippen molar-refractivity contribution < 1.29 is 14.3 Å². The fraction of sp³-hybridized carbons (Fsp3) is 0.968. The molecule has 1 rings (SSSR count). The predicted molar refractivity (Wildman–Crippen MR) is 166 cm³/mol. The summed E-state index contributed by atoms with van der Waals surface area (Å²) in [6.45, 7) is 6.91. The minimum absolute atomic E-state index is 0.357. The summed E-state index contributed by atoms with van der Waals surface area (Å²) < 4.78 is 14.6. The average Bonchev–Trinajstić information content (AvgIpc) is 2.89. The monoisotopic (exact) mass is 557 g/mol. The Morgan fingerprint density at radius 1 is 0.838 bits per heavy atom. The van der Waals surface area contributed by atoms with Crippen LogP contribution >= 0.6 is 11.8 Å². The molecular weight excluding hydrogens is 494 g/mol. The number of nitrogens with zero attached hydrogens (tertiary/aromatic N) is 1. The van der Waals surface area contributed by atoms with E-state index in [1.165, 1.54) is 115 Å². The van der Waals surface area contributed by atoms with Gasteiger partial charge in [-0.15, -0.1) is 0 Å². The highest BCUT2D eigenvalue weighted by atomic mass is 32.2. The van der Waals surface area contributed by atoms with Crippen LogP contribution < -0.4 is 0 Å². The summed E-state index contributed by atoms with van der Waals surface area (Å²) in [5.41, 5.74) is 0. The van der Waals surface area contributed by atoms with Crippen LogP contribution in [-0.2, 0) is 14.3 Å².